The summed E-state index contributed by atoms with van der Waals surface area (Å²) in [6.45, 7) is 0.981. The van der Waals surface area contributed by atoms with E-state index in [9.17, 15) is 0 Å². The Morgan fingerprint density at radius 2 is 1.48 bits per heavy atom. The monoisotopic (exact) mass is 324 g/mol. The van der Waals surface area contributed by atoms with Gasteiger partial charge in [-0.1, -0.05) is 84.9 Å². The van der Waals surface area contributed by atoms with E-state index in [0.29, 0.717) is 6.04 Å². The first kappa shape index (κ1) is 14.7. The van der Waals surface area contributed by atoms with Crippen molar-refractivity contribution in [1.29, 1.82) is 0 Å². The number of rotatable bonds is 3. The highest BCUT2D eigenvalue weighted by atomic mass is 15.1. The molecule has 0 saturated carbocycles. The van der Waals surface area contributed by atoms with Crippen LogP contribution in [0, 0.1) is 0 Å². The van der Waals surface area contributed by atoms with Gasteiger partial charge >= 0.3 is 0 Å². The summed E-state index contributed by atoms with van der Waals surface area (Å²) in [5.74, 6) is 0. The second-order valence-electron chi connectivity index (χ2n) is 7.27. The summed E-state index contributed by atoms with van der Waals surface area (Å²) in [6.07, 6.45) is 4.94. The van der Waals surface area contributed by atoms with Crippen LogP contribution in [-0.4, -0.2) is 10.8 Å². The number of hydrogen-bond donors (Lipinski definition) is 0. The van der Waals surface area contributed by atoms with Gasteiger partial charge in [-0.05, 0) is 17.5 Å². The van der Waals surface area contributed by atoms with Crippen LogP contribution in [0.3, 0.4) is 0 Å². The molecule has 0 N–H and O–H groups in total. The molecule has 6 rings (SSSR count). The SMILES string of the molecule is C1=[N+](Cc2ccccc2)C2CCC1(c1ccccc1)c1ccccc12. The van der Waals surface area contributed by atoms with E-state index >= 15 is 0 Å². The summed E-state index contributed by atoms with van der Waals surface area (Å²) in [6, 6.07) is 31.4. The number of hydrogen-bond acceptors (Lipinski definition) is 0. The van der Waals surface area contributed by atoms with Crippen molar-refractivity contribution in [3.63, 3.8) is 0 Å². The van der Waals surface area contributed by atoms with E-state index < -0.39 is 0 Å². The molecule has 0 fully saturated rings. The lowest BCUT2D eigenvalue weighted by Crippen LogP contribution is -2.46. The molecule has 1 heteroatoms. The molecule has 2 atom stereocenters. The van der Waals surface area contributed by atoms with Gasteiger partial charge in [-0.2, -0.15) is 0 Å². The Morgan fingerprint density at radius 3 is 2.28 bits per heavy atom. The fraction of sp³-hybridized carbons (Fsp3) is 0.208. The summed E-state index contributed by atoms with van der Waals surface area (Å²) >= 11 is 0. The maximum atomic E-state index is 2.58. The molecule has 3 aromatic rings. The van der Waals surface area contributed by atoms with Crippen LogP contribution in [0.2, 0.25) is 0 Å². The topological polar surface area (TPSA) is 3.01 Å². The quantitative estimate of drug-likeness (QED) is 0.589. The molecule has 25 heavy (non-hydrogen) atoms. The van der Waals surface area contributed by atoms with Gasteiger partial charge < -0.3 is 0 Å². The average Bonchev–Trinajstić information content (AvgIpc) is 2.70. The Balaban J connectivity index is 1.68. The molecule has 2 aliphatic heterocycles. The lowest BCUT2D eigenvalue weighted by Gasteiger charge is -2.42. The third-order valence-corrected chi connectivity index (χ3v) is 5.90. The Bertz CT molecular complexity index is 927. The lowest BCUT2D eigenvalue weighted by atomic mass is 9.63. The Kier molecular flexibility index (Phi) is 3.34. The zero-order chi connectivity index (χ0) is 16.7. The standard InChI is InChI=1S/C24H22N/c1-3-9-19(10-4-1)17-25-18-24(20-11-5-2-6-12-20)16-15-23(25)21-13-7-8-14-22(21)24/h1-14,18,23H,15-17H2/q+1. The maximum Gasteiger partial charge on any atom is 0.178 e. The van der Waals surface area contributed by atoms with Crippen molar-refractivity contribution in [2.75, 3.05) is 0 Å². The summed E-state index contributed by atoms with van der Waals surface area (Å²) in [4.78, 5) is 0. The van der Waals surface area contributed by atoms with E-state index in [2.05, 4.69) is 95.7 Å². The first-order valence-corrected chi connectivity index (χ1v) is 9.17. The predicted octanol–water partition coefficient (Wildman–Crippen LogP) is 5.10. The van der Waals surface area contributed by atoms with Gasteiger partial charge in [0.05, 0.1) is 5.41 Å². The largest absolute Gasteiger partial charge is 0.227 e. The first-order chi connectivity index (χ1) is 12.4. The van der Waals surface area contributed by atoms with Gasteiger partial charge in [0.1, 0.15) is 0 Å². The van der Waals surface area contributed by atoms with Crippen LogP contribution in [-0.2, 0) is 12.0 Å². The van der Waals surface area contributed by atoms with E-state index in [1.807, 2.05) is 0 Å². The molecule has 0 amide bonds. The number of nitrogens with zero attached hydrogens (tertiary/aromatic N) is 1. The second-order valence-corrected chi connectivity index (χ2v) is 7.27. The van der Waals surface area contributed by atoms with E-state index in [1.54, 1.807) is 0 Å². The van der Waals surface area contributed by atoms with Crippen molar-refractivity contribution in [2.45, 2.75) is 30.8 Å². The van der Waals surface area contributed by atoms with E-state index in [1.165, 1.54) is 35.1 Å². The number of benzene rings is 3. The highest BCUT2D eigenvalue weighted by Gasteiger charge is 2.50. The third-order valence-electron chi connectivity index (χ3n) is 5.90. The van der Waals surface area contributed by atoms with E-state index in [-0.39, 0.29) is 5.41 Å². The van der Waals surface area contributed by atoms with Crippen LogP contribution in [0.15, 0.2) is 84.9 Å². The molecule has 1 nitrogen and oxygen atoms in total. The molecule has 122 valence electrons. The van der Waals surface area contributed by atoms with Crippen LogP contribution in [0.1, 0.15) is 41.1 Å². The van der Waals surface area contributed by atoms with Crippen molar-refractivity contribution in [3.05, 3.63) is 107 Å². The molecule has 3 aliphatic rings. The van der Waals surface area contributed by atoms with Crippen LogP contribution in [0.4, 0.5) is 0 Å². The minimum absolute atomic E-state index is 0.0153. The molecule has 0 saturated heterocycles. The Morgan fingerprint density at radius 1 is 0.800 bits per heavy atom. The van der Waals surface area contributed by atoms with Crippen molar-refractivity contribution < 1.29 is 4.58 Å². The van der Waals surface area contributed by atoms with Gasteiger partial charge in [0.2, 0.25) is 0 Å². The van der Waals surface area contributed by atoms with Crippen LogP contribution < -0.4 is 0 Å². The zero-order valence-electron chi connectivity index (χ0n) is 14.3. The second kappa shape index (κ2) is 5.70. The van der Waals surface area contributed by atoms with Gasteiger partial charge in [0.15, 0.2) is 18.8 Å². The molecule has 0 radical (unpaired) electrons. The molecule has 2 heterocycles. The maximum absolute atomic E-state index is 2.58. The molecule has 1 aliphatic carbocycles. The lowest BCUT2D eigenvalue weighted by molar-refractivity contribution is -0.594. The highest BCUT2D eigenvalue weighted by molar-refractivity contribution is 5.79. The van der Waals surface area contributed by atoms with E-state index in [4.69, 9.17) is 0 Å². The van der Waals surface area contributed by atoms with Crippen molar-refractivity contribution in [1.82, 2.24) is 0 Å². The molecule has 2 bridgehead atoms. The van der Waals surface area contributed by atoms with Crippen molar-refractivity contribution >= 4 is 6.21 Å². The minimum atomic E-state index is 0.0153. The normalized spacial score (nSPS) is 23.8. The molecule has 0 aromatic heterocycles. The van der Waals surface area contributed by atoms with Crippen LogP contribution in [0.25, 0.3) is 0 Å². The minimum Gasteiger partial charge on any atom is -0.227 e. The smallest absolute Gasteiger partial charge is 0.178 e. The predicted molar refractivity (Wildman–Crippen MR) is 102 cm³/mol. The van der Waals surface area contributed by atoms with Crippen molar-refractivity contribution in [2.24, 2.45) is 0 Å². The fourth-order valence-electron chi connectivity index (χ4n) is 4.76. The summed E-state index contributed by atoms with van der Waals surface area (Å²) in [5.41, 5.74) is 5.82. The van der Waals surface area contributed by atoms with Gasteiger partial charge in [-0.15, -0.1) is 0 Å². The molecular weight excluding hydrogens is 302 g/mol. The molecule has 3 aromatic carbocycles. The summed E-state index contributed by atoms with van der Waals surface area (Å²) in [7, 11) is 0. The molecule has 2 unspecified atom stereocenters. The van der Waals surface area contributed by atoms with Gasteiger partial charge in [0.25, 0.3) is 0 Å². The van der Waals surface area contributed by atoms with E-state index in [0.717, 1.165) is 6.54 Å². The van der Waals surface area contributed by atoms with Gasteiger partial charge in [-0.3, -0.25) is 0 Å². The summed E-state index contributed by atoms with van der Waals surface area (Å²) < 4.78 is 2.58. The summed E-state index contributed by atoms with van der Waals surface area (Å²) in [5, 5.41) is 0. The number of fused-ring (bicyclic) bond motifs is 1. The third kappa shape index (κ3) is 2.26. The van der Waals surface area contributed by atoms with Crippen LogP contribution >= 0.6 is 0 Å². The Hall–Kier alpha value is -2.67. The molecule has 0 spiro atoms. The first-order valence-electron chi connectivity index (χ1n) is 9.17. The fourth-order valence-corrected chi connectivity index (χ4v) is 4.76. The molecular formula is C24H22N+. The van der Waals surface area contributed by atoms with Crippen molar-refractivity contribution in [3.8, 4) is 0 Å². The highest BCUT2D eigenvalue weighted by Crippen LogP contribution is 2.49. The van der Waals surface area contributed by atoms with Gasteiger partial charge in [0, 0.05) is 17.5 Å². The average molecular weight is 324 g/mol. The van der Waals surface area contributed by atoms with Gasteiger partial charge in [-0.25, -0.2) is 4.58 Å². The Labute approximate surface area is 149 Å². The van der Waals surface area contributed by atoms with Crippen LogP contribution in [0.5, 0.6) is 0 Å². The zero-order valence-corrected chi connectivity index (χ0v) is 14.3.